The Morgan fingerprint density at radius 3 is 2.79 bits per heavy atom. The third-order valence-electron chi connectivity index (χ3n) is 3.08. The predicted molar refractivity (Wildman–Crippen MR) is 58.8 cm³/mol. The molecule has 4 heteroatoms. The molecule has 0 radical (unpaired) electrons. The lowest BCUT2D eigenvalue weighted by Gasteiger charge is -2.30. The number of aliphatic hydroxyl groups is 1. The van der Waals surface area contributed by atoms with Crippen LogP contribution in [0.15, 0.2) is 0 Å². The summed E-state index contributed by atoms with van der Waals surface area (Å²) in [6, 6.07) is 0. The Morgan fingerprint density at radius 1 is 1.36 bits per heavy atom. The van der Waals surface area contributed by atoms with E-state index in [0.29, 0.717) is 0 Å². The average molecular weight is 217 g/mol. The molecule has 2 aliphatic heterocycles. The van der Waals surface area contributed by atoms with Crippen LogP contribution in [0.4, 0.5) is 0 Å². The van der Waals surface area contributed by atoms with Gasteiger partial charge in [0, 0.05) is 25.4 Å². The SMILES string of the molecule is OC1(CCN2CCOCC2)CCSC1. The molecule has 0 aromatic heterocycles. The molecule has 2 rings (SSSR count). The van der Waals surface area contributed by atoms with Crippen LogP contribution in [0.2, 0.25) is 0 Å². The summed E-state index contributed by atoms with van der Waals surface area (Å²) < 4.78 is 5.29. The van der Waals surface area contributed by atoms with Gasteiger partial charge in [-0.15, -0.1) is 0 Å². The largest absolute Gasteiger partial charge is 0.389 e. The highest BCUT2D eigenvalue weighted by Crippen LogP contribution is 2.30. The summed E-state index contributed by atoms with van der Waals surface area (Å²) in [5, 5.41) is 10.1. The molecule has 0 aromatic carbocycles. The van der Waals surface area contributed by atoms with Crippen molar-refractivity contribution in [2.75, 3.05) is 44.4 Å². The highest BCUT2D eigenvalue weighted by Gasteiger charge is 2.31. The van der Waals surface area contributed by atoms with Crippen LogP contribution in [-0.2, 0) is 4.74 Å². The molecule has 0 saturated carbocycles. The van der Waals surface area contributed by atoms with E-state index in [4.69, 9.17) is 4.74 Å². The standard InChI is InChI=1S/C10H19NO2S/c12-10(2-8-14-9-10)1-3-11-4-6-13-7-5-11/h12H,1-9H2. The van der Waals surface area contributed by atoms with E-state index in [-0.39, 0.29) is 5.60 Å². The van der Waals surface area contributed by atoms with E-state index in [1.165, 1.54) is 0 Å². The van der Waals surface area contributed by atoms with Gasteiger partial charge >= 0.3 is 0 Å². The Labute approximate surface area is 89.8 Å². The van der Waals surface area contributed by atoms with Crippen LogP contribution < -0.4 is 0 Å². The fraction of sp³-hybridized carbons (Fsp3) is 1.00. The van der Waals surface area contributed by atoms with Gasteiger partial charge in [-0.05, 0) is 18.6 Å². The van der Waals surface area contributed by atoms with Gasteiger partial charge in [0.25, 0.3) is 0 Å². The van der Waals surface area contributed by atoms with Crippen molar-refractivity contribution in [2.45, 2.75) is 18.4 Å². The van der Waals surface area contributed by atoms with Gasteiger partial charge in [0.05, 0.1) is 18.8 Å². The van der Waals surface area contributed by atoms with E-state index in [1.807, 2.05) is 11.8 Å². The first-order chi connectivity index (χ1) is 6.79. The molecule has 1 N–H and O–H groups in total. The van der Waals surface area contributed by atoms with Gasteiger partial charge in [-0.1, -0.05) is 0 Å². The van der Waals surface area contributed by atoms with Gasteiger partial charge in [0.1, 0.15) is 0 Å². The van der Waals surface area contributed by atoms with Gasteiger partial charge in [0.2, 0.25) is 0 Å². The third kappa shape index (κ3) is 2.86. The van der Waals surface area contributed by atoms with E-state index in [0.717, 1.165) is 57.2 Å². The molecule has 0 aromatic rings. The monoisotopic (exact) mass is 217 g/mol. The van der Waals surface area contributed by atoms with Crippen LogP contribution in [0.25, 0.3) is 0 Å². The van der Waals surface area contributed by atoms with E-state index in [9.17, 15) is 5.11 Å². The molecule has 0 bridgehead atoms. The Kier molecular flexibility index (Phi) is 3.71. The van der Waals surface area contributed by atoms with E-state index in [2.05, 4.69) is 4.90 Å². The second-order valence-electron chi connectivity index (χ2n) is 4.23. The van der Waals surface area contributed by atoms with Crippen molar-refractivity contribution in [2.24, 2.45) is 0 Å². The molecule has 2 saturated heterocycles. The maximum absolute atomic E-state index is 10.1. The van der Waals surface area contributed by atoms with Gasteiger partial charge in [-0.3, -0.25) is 4.90 Å². The van der Waals surface area contributed by atoms with Crippen molar-refractivity contribution < 1.29 is 9.84 Å². The van der Waals surface area contributed by atoms with Gasteiger partial charge in [-0.2, -0.15) is 11.8 Å². The molecule has 3 nitrogen and oxygen atoms in total. The first-order valence-electron chi connectivity index (χ1n) is 5.39. The number of hydrogen-bond donors (Lipinski definition) is 1. The summed E-state index contributed by atoms with van der Waals surface area (Å²) in [5.74, 6) is 2.05. The predicted octanol–water partition coefficient (Wildman–Crippen LogP) is 0.577. The number of thioether (sulfide) groups is 1. The number of morpholine rings is 1. The quantitative estimate of drug-likeness (QED) is 0.749. The zero-order chi connectivity index (χ0) is 9.86. The van der Waals surface area contributed by atoms with Crippen molar-refractivity contribution >= 4 is 11.8 Å². The smallest absolute Gasteiger partial charge is 0.0757 e. The highest BCUT2D eigenvalue weighted by molar-refractivity contribution is 7.99. The van der Waals surface area contributed by atoms with Crippen molar-refractivity contribution in [1.29, 1.82) is 0 Å². The van der Waals surface area contributed by atoms with Gasteiger partial charge in [0.15, 0.2) is 0 Å². The summed E-state index contributed by atoms with van der Waals surface area (Å²) in [4.78, 5) is 2.39. The Morgan fingerprint density at radius 2 is 2.14 bits per heavy atom. The molecule has 0 spiro atoms. The molecular formula is C10H19NO2S. The molecule has 2 aliphatic rings. The van der Waals surface area contributed by atoms with Crippen LogP contribution >= 0.6 is 11.8 Å². The van der Waals surface area contributed by atoms with Crippen LogP contribution in [0.1, 0.15) is 12.8 Å². The maximum atomic E-state index is 10.1. The zero-order valence-corrected chi connectivity index (χ0v) is 9.39. The number of hydrogen-bond acceptors (Lipinski definition) is 4. The summed E-state index contributed by atoms with van der Waals surface area (Å²) in [6.45, 7) is 4.80. The lowest BCUT2D eigenvalue weighted by atomic mass is 9.99. The molecule has 2 heterocycles. The maximum Gasteiger partial charge on any atom is 0.0757 e. The molecule has 1 unspecified atom stereocenters. The lowest BCUT2D eigenvalue weighted by molar-refractivity contribution is 0.0108. The molecule has 14 heavy (non-hydrogen) atoms. The molecule has 0 aliphatic carbocycles. The van der Waals surface area contributed by atoms with E-state index >= 15 is 0 Å². The lowest BCUT2D eigenvalue weighted by Crippen LogP contribution is -2.40. The minimum atomic E-state index is -0.372. The van der Waals surface area contributed by atoms with Gasteiger partial charge in [-0.25, -0.2) is 0 Å². The summed E-state index contributed by atoms with van der Waals surface area (Å²) >= 11 is 1.87. The molecular weight excluding hydrogens is 198 g/mol. The first kappa shape index (κ1) is 10.7. The average Bonchev–Trinajstić information content (AvgIpc) is 2.65. The number of rotatable bonds is 3. The second-order valence-corrected chi connectivity index (χ2v) is 5.34. The normalized spacial score (nSPS) is 34.9. The third-order valence-corrected chi connectivity index (χ3v) is 4.31. The van der Waals surface area contributed by atoms with Crippen molar-refractivity contribution in [1.82, 2.24) is 4.90 Å². The Bertz CT molecular complexity index is 177. The van der Waals surface area contributed by atoms with Gasteiger partial charge < -0.3 is 9.84 Å². The number of ether oxygens (including phenoxy) is 1. The summed E-state index contributed by atoms with van der Waals surface area (Å²) in [6.07, 6.45) is 1.90. The topological polar surface area (TPSA) is 32.7 Å². The van der Waals surface area contributed by atoms with Crippen LogP contribution in [0, 0.1) is 0 Å². The molecule has 0 amide bonds. The fourth-order valence-corrected chi connectivity index (χ4v) is 3.32. The highest BCUT2D eigenvalue weighted by atomic mass is 32.2. The zero-order valence-electron chi connectivity index (χ0n) is 8.57. The number of nitrogens with zero attached hydrogens (tertiary/aromatic N) is 1. The van der Waals surface area contributed by atoms with E-state index < -0.39 is 0 Å². The Hall–Kier alpha value is 0.230. The Balaban J connectivity index is 1.70. The van der Waals surface area contributed by atoms with Crippen LogP contribution in [0.3, 0.4) is 0 Å². The fourth-order valence-electron chi connectivity index (χ4n) is 1.98. The van der Waals surface area contributed by atoms with Crippen molar-refractivity contribution in [3.8, 4) is 0 Å². The summed E-state index contributed by atoms with van der Waals surface area (Å²) in [7, 11) is 0. The minimum absolute atomic E-state index is 0.372. The van der Waals surface area contributed by atoms with Crippen molar-refractivity contribution in [3.05, 3.63) is 0 Å². The second kappa shape index (κ2) is 4.84. The van der Waals surface area contributed by atoms with Crippen molar-refractivity contribution in [3.63, 3.8) is 0 Å². The summed E-state index contributed by atoms with van der Waals surface area (Å²) in [5.41, 5.74) is -0.372. The molecule has 2 fully saturated rings. The molecule has 1 atom stereocenters. The van der Waals surface area contributed by atoms with Crippen LogP contribution in [-0.4, -0.2) is 60.0 Å². The minimum Gasteiger partial charge on any atom is -0.389 e. The van der Waals surface area contributed by atoms with E-state index in [1.54, 1.807) is 0 Å². The first-order valence-corrected chi connectivity index (χ1v) is 6.54. The van der Waals surface area contributed by atoms with Crippen LogP contribution in [0.5, 0.6) is 0 Å². The molecule has 82 valence electrons.